The Bertz CT molecular complexity index is 3620. The fourth-order valence-electron chi connectivity index (χ4n) is 7.80. The molecule has 0 spiro atoms. The molecule has 35 heteroatoms. The van der Waals surface area contributed by atoms with Crippen molar-refractivity contribution >= 4 is 101 Å². The molecule has 5 atom stereocenters. The van der Waals surface area contributed by atoms with Gasteiger partial charge in [-0.25, -0.2) is 28.8 Å². The van der Waals surface area contributed by atoms with Crippen LogP contribution in [0.5, 0.6) is 0 Å². The number of nitrogens with one attached hydrogen (secondary N) is 1. The molecule has 0 saturated heterocycles. The van der Waals surface area contributed by atoms with E-state index in [1.807, 2.05) is 121 Å². The lowest BCUT2D eigenvalue weighted by molar-refractivity contribution is -0.154. The molecule has 0 aliphatic heterocycles. The Labute approximate surface area is 710 Å². The van der Waals surface area contributed by atoms with Crippen molar-refractivity contribution in [2.24, 2.45) is 0 Å². The summed E-state index contributed by atoms with van der Waals surface area (Å²) in [5.74, 6) is -5.53. The number of ether oxygens (including phenoxy) is 10. The number of aliphatic hydroxyl groups is 2. The smallest absolute Gasteiger partial charge is 0.410 e. The van der Waals surface area contributed by atoms with Gasteiger partial charge < -0.3 is 82.9 Å². The Kier molecular flexibility index (Phi) is 65.1. The summed E-state index contributed by atoms with van der Waals surface area (Å²) in [5.41, 5.74) is 2.52. The number of hydrogen-bond donors (Lipinski definition) is 5. The van der Waals surface area contributed by atoms with Crippen LogP contribution in [0.3, 0.4) is 0 Å². The van der Waals surface area contributed by atoms with Crippen LogP contribution in [0.4, 0.5) is 9.59 Å². The molecule has 5 unspecified atom stereocenters. The number of amides is 4. The van der Waals surface area contributed by atoms with Gasteiger partial charge in [0.05, 0.1) is 26.4 Å². The van der Waals surface area contributed by atoms with Crippen molar-refractivity contribution in [1.29, 1.82) is 0 Å². The van der Waals surface area contributed by atoms with Crippen LogP contribution >= 0.6 is 11.6 Å². The Morgan fingerprint density at radius 1 is 0.375 bits per heavy atom. The van der Waals surface area contributed by atoms with Gasteiger partial charge in [-0.1, -0.05) is 121 Å². The van der Waals surface area contributed by atoms with Crippen LogP contribution in [0, 0.1) is 0 Å². The highest BCUT2D eigenvalue weighted by atomic mass is 35.5. The van der Waals surface area contributed by atoms with E-state index in [4.69, 9.17) is 67.8 Å². The maximum atomic E-state index is 12.0. The number of halogens is 1. The minimum Gasteiger partial charge on any atom is -0.481 e. The number of esters is 8. The number of benzene rings is 4. The number of aliphatic hydroxyl groups excluding tert-OH is 2. The van der Waals surface area contributed by atoms with Gasteiger partial charge in [0.25, 0.3) is 0 Å². The third-order valence-electron chi connectivity index (χ3n) is 15.4. The molecule has 0 radical (unpaired) electrons. The largest absolute Gasteiger partial charge is 0.481 e. The van der Waals surface area contributed by atoms with E-state index in [1.165, 1.54) is 70.6 Å². The molecule has 120 heavy (non-hydrogen) atoms. The first kappa shape index (κ1) is 115. The van der Waals surface area contributed by atoms with Crippen molar-refractivity contribution in [2.45, 2.75) is 229 Å². The third-order valence-corrected chi connectivity index (χ3v) is 15.4. The molecule has 4 aromatic rings. The predicted octanol–water partition coefficient (Wildman–Crippen LogP) is 10.4. The molecule has 0 aliphatic rings. The first-order valence-corrected chi connectivity index (χ1v) is 38.8. The van der Waals surface area contributed by atoms with Gasteiger partial charge in [0.15, 0.2) is 0 Å². The number of likely N-dealkylation sites (N-methyl/N-ethyl adjacent to an activating group) is 5. The lowest BCUT2D eigenvalue weighted by atomic mass is 10.2. The highest BCUT2D eigenvalue weighted by molar-refractivity contribution is 6.62. The van der Waals surface area contributed by atoms with Gasteiger partial charge in [0.2, 0.25) is 17.1 Å². The Morgan fingerprint density at radius 2 is 0.608 bits per heavy atom. The highest BCUT2D eigenvalue weighted by Gasteiger charge is 2.30. The molecule has 0 aliphatic carbocycles. The van der Waals surface area contributed by atoms with Crippen LogP contribution in [-0.4, -0.2) is 246 Å². The number of hydrogen-bond acceptors (Lipinski definition) is 28. The Hall–Kier alpha value is -11.1. The average molecular weight is 1720 g/mol. The summed E-state index contributed by atoms with van der Waals surface area (Å²) < 4.78 is 50.6. The van der Waals surface area contributed by atoms with Crippen LogP contribution in [0.25, 0.3) is 0 Å². The third kappa shape index (κ3) is 64.0. The average Bonchev–Trinajstić information content (AvgIpc) is 0.897. The number of carboxylic acids is 2. The molecule has 34 nitrogen and oxygen atoms in total. The lowest BCUT2D eigenvalue weighted by Gasteiger charge is -2.27. The van der Waals surface area contributed by atoms with Crippen molar-refractivity contribution < 1.29 is 140 Å². The van der Waals surface area contributed by atoms with Gasteiger partial charge in [0.1, 0.15) is 67.8 Å². The molecule has 5 N–H and O–H groups in total. The van der Waals surface area contributed by atoms with Gasteiger partial charge in [-0.2, -0.15) is 0 Å². The second kappa shape index (κ2) is 67.8. The van der Waals surface area contributed by atoms with Crippen molar-refractivity contribution in [2.75, 3.05) is 75.4 Å². The maximum absolute atomic E-state index is 12.0. The summed E-state index contributed by atoms with van der Waals surface area (Å²) in [4.78, 5) is 172. The van der Waals surface area contributed by atoms with E-state index in [9.17, 15) is 71.9 Å². The molecule has 0 bridgehead atoms. The van der Waals surface area contributed by atoms with Gasteiger partial charge in [-0.15, -0.1) is 0 Å². The molecule has 4 amide bonds. The summed E-state index contributed by atoms with van der Waals surface area (Å²) in [5, 5.41) is 34.9. The fraction of sp³-hybridized carbons (Fsp3) is 0.541. The van der Waals surface area contributed by atoms with E-state index in [0.29, 0.717) is 32.3 Å². The molecule has 0 fully saturated rings. The summed E-state index contributed by atoms with van der Waals surface area (Å²) >= 11 is 4.64. The van der Waals surface area contributed by atoms with E-state index < -0.39 is 77.4 Å². The van der Waals surface area contributed by atoms with E-state index in [2.05, 4.69) is 16.9 Å². The lowest BCUT2D eigenvalue weighted by Crippen LogP contribution is -2.43. The monoisotopic (exact) mass is 1720 g/mol. The first-order valence-electron chi connectivity index (χ1n) is 38.4. The normalized spacial score (nSPS) is 11.4. The molecule has 674 valence electrons. The zero-order valence-corrected chi connectivity index (χ0v) is 73.8. The maximum Gasteiger partial charge on any atom is 0.410 e. The molecule has 0 saturated carbocycles. The van der Waals surface area contributed by atoms with Crippen molar-refractivity contribution in [3.05, 3.63) is 144 Å². The summed E-state index contributed by atoms with van der Waals surface area (Å²) in [6, 6.07) is 34.5. The SMILES string of the molecule is CC(=O)Cl.CC(=O)N(C)C(C)C(=O)OCCCC(=O)O.CC(=O)N(C)C(C)C(=O)OCCCC(=O)OCc1ccccc1.CC(C(=O)O)N(C)C(=O)OC(C)(C)C.CC(C(=O)OCCCC(=O)OCc1ccccc1)N(C)C(=O)OC(C)(C)C.CNC(C)C(=O)OCCCC(=O)OCc1ccccc1.CO.O=C(CCCO)OCc1ccccc1. The highest BCUT2D eigenvalue weighted by Crippen LogP contribution is 2.15. The number of nitrogens with zero attached hydrogens (tertiary/aromatic N) is 4. The van der Waals surface area contributed by atoms with Crippen molar-refractivity contribution in [1.82, 2.24) is 24.9 Å². The quantitative estimate of drug-likeness (QED) is 0.0121. The minimum absolute atomic E-state index is 0.0282. The molecular formula is C85H128ClN5O29. The van der Waals surface area contributed by atoms with E-state index >= 15 is 0 Å². The van der Waals surface area contributed by atoms with E-state index in [-0.39, 0.29) is 144 Å². The molecule has 4 rings (SSSR count). The number of carbonyl (C=O) groups is 15. The summed E-state index contributed by atoms with van der Waals surface area (Å²) in [6.07, 6.45) is 1.53. The fourth-order valence-corrected chi connectivity index (χ4v) is 7.80. The van der Waals surface area contributed by atoms with Crippen LogP contribution < -0.4 is 5.32 Å². The van der Waals surface area contributed by atoms with E-state index in [1.54, 1.807) is 76.3 Å². The number of rotatable bonds is 37. The molecule has 0 heterocycles. The van der Waals surface area contributed by atoms with Gasteiger partial charge in [-0.05, 0) is 149 Å². The molecule has 4 aromatic carbocycles. The van der Waals surface area contributed by atoms with Gasteiger partial charge >= 0.3 is 71.9 Å². The Morgan fingerprint density at radius 3 is 0.833 bits per heavy atom. The summed E-state index contributed by atoms with van der Waals surface area (Å²) in [6.45, 7) is 23.9. The van der Waals surface area contributed by atoms with Crippen LogP contribution in [0.2, 0.25) is 0 Å². The Balaban J connectivity index is -0.000000673. The predicted molar refractivity (Wildman–Crippen MR) is 443 cm³/mol. The summed E-state index contributed by atoms with van der Waals surface area (Å²) in [7, 11) is 8.60. The van der Waals surface area contributed by atoms with Crippen LogP contribution in [-0.2, 0) is 136 Å². The van der Waals surface area contributed by atoms with Gasteiger partial charge in [-0.3, -0.25) is 53.0 Å². The second-order valence-electron chi connectivity index (χ2n) is 27.9. The van der Waals surface area contributed by atoms with Crippen molar-refractivity contribution in [3.8, 4) is 0 Å². The van der Waals surface area contributed by atoms with E-state index in [0.717, 1.165) is 34.3 Å². The molecular weight excluding hydrogens is 1590 g/mol. The topological polar surface area (TPSA) is 454 Å². The van der Waals surface area contributed by atoms with Crippen LogP contribution in [0.15, 0.2) is 121 Å². The van der Waals surface area contributed by atoms with Crippen LogP contribution in [0.1, 0.15) is 183 Å². The molecule has 0 aromatic heterocycles. The number of carboxylic acid groups (broad SMARTS) is 2. The van der Waals surface area contributed by atoms with Gasteiger partial charge in [0, 0.05) is 94.8 Å². The second-order valence-corrected chi connectivity index (χ2v) is 28.4. The standard InChI is InChI=1S/C20H29NO6.C17H23NO5.C15H21NO4.C11H14O3.C10H17NO5.C9H17NO4.C2H3ClO.CH4O/c1-15(21(5)19(24)27-20(2,3)4)18(23)25-13-9-12-17(22)26-14-16-10-7-6-8-11-16;1-13(18(3)14(2)19)17(21)22-11-7-10-16(20)23-12-15-8-5-4-6-9-15;1-12(16-2)15(18)19-10-6-9-14(17)20-11-13-7-4-3-5-8-13;12-8-4-7-11(13)14-9-10-5-2-1-3-6-10;1-7(11(3)8(2)12)10(15)16-6-4-5-9(13)14;1-6(7(11)12)10(5)8(13)14-9(2,3)4;1-2(3)4;1-2/h6-8,10-11,15H,9,12-14H2,1-5H3;4-6,8-9,13H,7,10-12H2,1-3H3;3-5,7-8,12,16H,6,9-11H2,1-2H3;1-3,5-6,12H,4,7-9H2;7H,4-6H2,1-3H3,(H,13,14);6H,1-5H3,(H,11,12);1H3;2H,1H3. The zero-order chi connectivity index (χ0) is 92.5. The minimum atomic E-state index is -1.06. The first-order chi connectivity index (χ1) is 56.2. The van der Waals surface area contributed by atoms with Crippen molar-refractivity contribution in [3.63, 3.8) is 0 Å². The zero-order valence-electron chi connectivity index (χ0n) is 73.0. The number of aliphatic carboxylic acids is 2. The number of carbonyl (C=O) groups excluding carboxylic acids is 13.